The fourth-order valence-corrected chi connectivity index (χ4v) is 5.61. The summed E-state index contributed by atoms with van der Waals surface area (Å²) in [5.41, 5.74) is 0. The molecule has 0 spiro atoms. The third-order valence-corrected chi connectivity index (χ3v) is 7.01. The number of thiophene rings is 1. The summed E-state index contributed by atoms with van der Waals surface area (Å²) in [6.45, 7) is 4.65. The number of ether oxygens (including phenoxy) is 1. The zero-order chi connectivity index (χ0) is 12.6. The zero-order valence-electron chi connectivity index (χ0n) is 9.59. The summed E-state index contributed by atoms with van der Waals surface area (Å²) in [7, 11) is -3.38. The van der Waals surface area contributed by atoms with E-state index in [9.17, 15) is 8.42 Å². The predicted octanol–water partition coefficient (Wildman–Crippen LogP) is 2.31. The summed E-state index contributed by atoms with van der Waals surface area (Å²) in [4.78, 5) is 0. The second-order valence-corrected chi connectivity index (χ2v) is 8.57. The van der Waals surface area contributed by atoms with Crippen LogP contribution >= 0.6 is 27.3 Å². The van der Waals surface area contributed by atoms with Crippen molar-refractivity contribution >= 4 is 37.3 Å². The summed E-state index contributed by atoms with van der Waals surface area (Å²) < 4.78 is 33.0. The first kappa shape index (κ1) is 13.5. The average Bonchev–Trinajstić information content (AvgIpc) is 2.69. The normalized spacial score (nSPS) is 27.2. The van der Waals surface area contributed by atoms with Crippen LogP contribution < -0.4 is 0 Å². The van der Waals surface area contributed by atoms with Gasteiger partial charge >= 0.3 is 0 Å². The second kappa shape index (κ2) is 4.97. The molecule has 2 rings (SSSR count). The van der Waals surface area contributed by atoms with Crippen LogP contribution in [0.1, 0.15) is 13.8 Å². The van der Waals surface area contributed by atoms with Crippen molar-refractivity contribution in [1.82, 2.24) is 4.31 Å². The molecule has 0 aromatic carbocycles. The van der Waals surface area contributed by atoms with Crippen molar-refractivity contribution in [2.75, 3.05) is 13.2 Å². The fourth-order valence-electron chi connectivity index (χ4n) is 1.80. The molecular weight excluding hydrogens is 326 g/mol. The molecular formula is C10H14BrNO3S2. The van der Waals surface area contributed by atoms with Crippen LogP contribution in [0.25, 0.3) is 0 Å². The van der Waals surface area contributed by atoms with Gasteiger partial charge < -0.3 is 4.74 Å². The first-order chi connectivity index (χ1) is 7.93. The van der Waals surface area contributed by atoms with Gasteiger partial charge in [0, 0.05) is 12.6 Å². The Labute approximate surface area is 114 Å². The van der Waals surface area contributed by atoms with Gasteiger partial charge in [-0.3, -0.25) is 0 Å². The molecule has 0 N–H and O–H groups in total. The van der Waals surface area contributed by atoms with Gasteiger partial charge in [-0.2, -0.15) is 4.31 Å². The summed E-state index contributed by atoms with van der Waals surface area (Å²) in [6.07, 6.45) is -0.0677. The van der Waals surface area contributed by atoms with Crippen LogP contribution in [0.2, 0.25) is 0 Å². The minimum Gasteiger partial charge on any atom is -0.375 e. The maximum absolute atomic E-state index is 12.4. The molecule has 1 aromatic heterocycles. The Hall–Kier alpha value is 0.0500. The molecule has 1 aliphatic heterocycles. The van der Waals surface area contributed by atoms with Crippen LogP contribution in [0.4, 0.5) is 0 Å². The summed E-state index contributed by atoms with van der Waals surface area (Å²) >= 11 is 4.52. The van der Waals surface area contributed by atoms with E-state index in [2.05, 4.69) is 15.9 Å². The van der Waals surface area contributed by atoms with Gasteiger partial charge in [0.25, 0.3) is 10.0 Å². The highest BCUT2D eigenvalue weighted by Gasteiger charge is 2.35. The SMILES string of the molecule is CC1OCCN(S(=O)(=O)c2ccc(Br)s2)C1C. The quantitative estimate of drug-likeness (QED) is 0.830. The lowest BCUT2D eigenvalue weighted by Crippen LogP contribution is -2.50. The Bertz CT molecular complexity index is 499. The van der Waals surface area contributed by atoms with Crippen LogP contribution in [0, 0.1) is 0 Å². The molecule has 7 heteroatoms. The minimum atomic E-state index is -3.38. The molecule has 96 valence electrons. The van der Waals surface area contributed by atoms with Gasteiger partial charge in [0.2, 0.25) is 0 Å². The van der Waals surface area contributed by atoms with Crippen molar-refractivity contribution in [3.63, 3.8) is 0 Å². The Morgan fingerprint density at radius 1 is 1.47 bits per heavy atom. The largest absolute Gasteiger partial charge is 0.375 e. The molecule has 1 saturated heterocycles. The molecule has 0 bridgehead atoms. The zero-order valence-corrected chi connectivity index (χ0v) is 12.8. The van der Waals surface area contributed by atoms with E-state index >= 15 is 0 Å². The molecule has 1 fully saturated rings. The summed E-state index contributed by atoms with van der Waals surface area (Å²) in [5, 5.41) is 0. The van der Waals surface area contributed by atoms with Gasteiger partial charge in [-0.15, -0.1) is 11.3 Å². The predicted molar refractivity (Wildman–Crippen MR) is 70.8 cm³/mol. The highest BCUT2D eigenvalue weighted by Crippen LogP contribution is 2.30. The first-order valence-corrected chi connectivity index (χ1v) is 8.36. The number of sulfonamides is 1. The molecule has 1 aromatic rings. The van der Waals surface area contributed by atoms with Crippen LogP contribution in [0.3, 0.4) is 0 Å². The molecule has 2 atom stereocenters. The number of nitrogens with zero attached hydrogens (tertiary/aromatic N) is 1. The third-order valence-electron chi connectivity index (χ3n) is 2.94. The molecule has 4 nitrogen and oxygen atoms in total. The highest BCUT2D eigenvalue weighted by molar-refractivity contribution is 9.11. The third kappa shape index (κ3) is 2.58. The second-order valence-electron chi connectivity index (χ2n) is 3.99. The van der Waals surface area contributed by atoms with Gasteiger partial charge in [-0.05, 0) is 41.9 Å². The van der Waals surface area contributed by atoms with Gasteiger partial charge in [0.05, 0.1) is 16.5 Å². The number of halogens is 1. The molecule has 0 amide bonds. The van der Waals surface area contributed by atoms with Crippen molar-refractivity contribution in [2.45, 2.75) is 30.2 Å². The first-order valence-electron chi connectivity index (χ1n) is 5.31. The highest BCUT2D eigenvalue weighted by atomic mass is 79.9. The molecule has 2 unspecified atom stereocenters. The maximum Gasteiger partial charge on any atom is 0.253 e. The van der Waals surface area contributed by atoms with Crippen molar-refractivity contribution in [1.29, 1.82) is 0 Å². The van der Waals surface area contributed by atoms with Crippen molar-refractivity contribution in [3.05, 3.63) is 15.9 Å². The van der Waals surface area contributed by atoms with E-state index < -0.39 is 10.0 Å². The van der Waals surface area contributed by atoms with Gasteiger partial charge in [-0.25, -0.2) is 8.42 Å². The van der Waals surface area contributed by atoms with Gasteiger partial charge in [0.15, 0.2) is 0 Å². The molecule has 1 aliphatic rings. The van der Waals surface area contributed by atoms with Crippen molar-refractivity contribution < 1.29 is 13.2 Å². The van der Waals surface area contributed by atoms with Crippen LogP contribution in [0.5, 0.6) is 0 Å². The Kier molecular flexibility index (Phi) is 3.94. The van der Waals surface area contributed by atoms with Crippen molar-refractivity contribution in [2.24, 2.45) is 0 Å². The van der Waals surface area contributed by atoms with E-state index in [1.54, 1.807) is 12.1 Å². The van der Waals surface area contributed by atoms with E-state index in [0.717, 1.165) is 3.79 Å². The molecule has 0 aliphatic carbocycles. The van der Waals surface area contributed by atoms with Gasteiger partial charge in [0.1, 0.15) is 4.21 Å². The van der Waals surface area contributed by atoms with E-state index in [1.807, 2.05) is 13.8 Å². The van der Waals surface area contributed by atoms with E-state index in [0.29, 0.717) is 17.4 Å². The van der Waals surface area contributed by atoms with Crippen LogP contribution in [0.15, 0.2) is 20.1 Å². The van der Waals surface area contributed by atoms with E-state index in [1.165, 1.54) is 15.6 Å². The van der Waals surface area contributed by atoms with Crippen molar-refractivity contribution in [3.8, 4) is 0 Å². The minimum absolute atomic E-state index is 0.0677. The number of rotatable bonds is 2. The van der Waals surface area contributed by atoms with Crippen LogP contribution in [-0.4, -0.2) is 38.0 Å². The summed E-state index contributed by atoms with van der Waals surface area (Å²) in [5.74, 6) is 0. The standard InChI is InChI=1S/C10H14BrNO3S2/c1-7-8(2)15-6-5-12(7)17(13,14)10-4-3-9(11)16-10/h3-4,7-8H,5-6H2,1-2H3. The number of morpholine rings is 1. The lowest BCUT2D eigenvalue weighted by Gasteiger charge is -2.36. The molecule has 17 heavy (non-hydrogen) atoms. The summed E-state index contributed by atoms with van der Waals surface area (Å²) in [6, 6.07) is 3.26. The number of hydrogen-bond acceptors (Lipinski definition) is 4. The van der Waals surface area contributed by atoms with Gasteiger partial charge in [-0.1, -0.05) is 0 Å². The average molecular weight is 340 g/mol. The monoisotopic (exact) mass is 339 g/mol. The van der Waals surface area contributed by atoms with E-state index in [4.69, 9.17) is 4.74 Å². The fraction of sp³-hybridized carbons (Fsp3) is 0.600. The lowest BCUT2D eigenvalue weighted by molar-refractivity contribution is -0.0231. The smallest absolute Gasteiger partial charge is 0.253 e. The Morgan fingerprint density at radius 2 is 2.18 bits per heavy atom. The van der Waals surface area contributed by atoms with E-state index in [-0.39, 0.29) is 12.1 Å². The van der Waals surface area contributed by atoms with Crippen LogP contribution in [-0.2, 0) is 14.8 Å². The molecule has 0 radical (unpaired) electrons. The molecule has 0 saturated carbocycles. The lowest BCUT2D eigenvalue weighted by atomic mass is 10.2. The maximum atomic E-state index is 12.4. The Morgan fingerprint density at radius 3 is 2.76 bits per heavy atom. The number of hydrogen-bond donors (Lipinski definition) is 0. The molecule has 2 heterocycles. The topological polar surface area (TPSA) is 46.6 Å². The Balaban J connectivity index is 2.32.